The molecule has 3 heterocycles. The molecule has 3 aromatic carbocycles. The van der Waals surface area contributed by atoms with Crippen molar-refractivity contribution < 1.29 is 59.2 Å². The van der Waals surface area contributed by atoms with Crippen LogP contribution in [-0.4, -0.2) is 79.7 Å². The van der Waals surface area contributed by atoms with Gasteiger partial charge in [-0.2, -0.15) is 0 Å². The largest absolute Gasteiger partial charge is 0.507 e. The number of rotatable bonds is 0. The summed E-state index contributed by atoms with van der Waals surface area (Å²) in [5.41, 5.74) is 0.961. The second-order valence-corrected chi connectivity index (χ2v) is 10.2. The Bertz CT molecular complexity index is 1570. The topological polar surface area (TPSA) is 192 Å². The smallest absolute Gasteiger partial charge is 0.342 e. The highest BCUT2D eigenvalue weighted by atomic mass is 16.7. The van der Waals surface area contributed by atoms with Gasteiger partial charge in [0.05, 0.1) is 6.42 Å². The molecule has 41 heavy (non-hydrogen) atoms. The summed E-state index contributed by atoms with van der Waals surface area (Å²) in [5, 5.41) is 63.4. The number of benzene rings is 3. The van der Waals surface area contributed by atoms with E-state index in [2.05, 4.69) is 0 Å². The molecule has 0 amide bonds. The van der Waals surface area contributed by atoms with Crippen molar-refractivity contribution in [2.24, 2.45) is 0 Å². The van der Waals surface area contributed by atoms with Gasteiger partial charge in [-0.15, -0.1) is 0 Å². The first kappa shape index (κ1) is 26.8. The van der Waals surface area contributed by atoms with E-state index >= 15 is 0 Å². The van der Waals surface area contributed by atoms with Crippen LogP contribution in [0.3, 0.4) is 0 Å². The number of ketones is 1. The summed E-state index contributed by atoms with van der Waals surface area (Å²) >= 11 is 0. The molecule has 6 atom stereocenters. The Labute approximate surface area is 232 Å². The van der Waals surface area contributed by atoms with Crippen LogP contribution in [-0.2, 0) is 9.47 Å². The third kappa shape index (κ3) is 4.50. The van der Waals surface area contributed by atoms with Gasteiger partial charge in [-0.1, -0.05) is 12.1 Å². The maximum Gasteiger partial charge on any atom is 0.342 e. The molecule has 0 aliphatic carbocycles. The molecule has 3 aliphatic rings. The molecule has 1 fully saturated rings. The zero-order chi connectivity index (χ0) is 29.2. The van der Waals surface area contributed by atoms with E-state index in [1.54, 1.807) is 12.1 Å². The van der Waals surface area contributed by atoms with E-state index in [0.717, 1.165) is 0 Å². The number of Topliss-reactive ketones (excluding diaryl/α,β-unsaturated/α-hetero) is 1. The van der Waals surface area contributed by atoms with Crippen molar-refractivity contribution in [1.29, 1.82) is 0 Å². The number of esters is 1. The van der Waals surface area contributed by atoms with Crippen molar-refractivity contribution in [3.8, 4) is 39.9 Å². The van der Waals surface area contributed by atoms with Gasteiger partial charge in [0, 0.05) is 17.2 Å². The van der Waals surface area contributed by atoms with Gasteiger partial charge in [-0.05, 0) is 42.3 Å². The lowest BCUT2D eigenvalue weighted by Crippen LogP contribution is -2.60. The van der Waals surface area contributed by atoms with Crippen molar-refractivity contribution in [2.45, 2.75) is 50.2 Å². The highest BCUT2D eigenvalue weighted by Gasteiger charge is 2.46. The van der Waals surface area contributed by atoms with E-state index in [-0.39, 0.29) is 45.9 Å². The molecule has 9 bridgehead atoms. The maximum absolute atomic E-state index is 13.2. The Morgan fingerprint density at radius 3 is 2.32 bits per heavy atom. The van der Waals surface area contributed by atoms with Crippen LogP contribution in [0.4, 0.5) is 0 Å². The lowest BCUT2D eigenvalue weighted by molar-refractivity contribution is -0.277. The van der Waals surface area contributed by atoms with E-state index in [9.17, 15) is 40.2 Å². The number of phenols is 3. The molecule has 3 aliphatic heterocycles. The second-order valence-electron chi connectivity index (χ2n) is 10.2. The number of carbonyl (C=O) groups excluding carboxylic acids is 2. The highest BCUT2D eigenvalue weighted by molar-refractivity contribution is 6.03. The number of hydrogen-bond donors (Lipinski definition) is 6. The average molecular weight is 567 g/mol. The van der Waals surface area contributed by atoms with Crippen molar-refractivity contribution >= 4 is 11.8 Å². The number of fused-ring (bicyclic) bond motifs is 10. The molecule has 0 radical (unpaired) electrons. The van der Waals surface area contributed by atoms with Crippen LogP contribution >= 0.6 is 0 Å². The van der Waals surface area contributed by atoms with Crippen LogP contribution in [0.1, 0.15) is 44.4 Å². The van der Waals surface area contributed by atoms with Gasteiger partial charge in [0.2, 0.25) is 6.29 Å². The fourth-order valence-electron chi connectivity index (χ4n) is 5.22. The third-order valence-electron chi connectivity index (χ3n) is 7.60. The Kier molecular flexibility index (Phi) is 6.50. The van der Waals surface area contributed by atoms with Crippen molar-refractivity contribution in [2.75, 3.05) is 6.61 Å². The number of aliphatic hydroxyl groups excluding tert-OH is 3. The van der Waals surface area contributed by atoms with Crippen LogP contribution < -0.4 is 9.47 Å². The number of hydrogen-bond acceptors (Lipinski definition) is 12. The van der Waals surface area contributed by atoms with Crippen molar-refractivity contribution in [3.63, 3.8) is 0 Å². The summed E-state index contributed by atoms with van der Waals surface area (Å²) < 4.78 is 22.8. The molecule has 2 unspecified atom stereocenters. The zero-order valence-electron chi connectivity index (χ0n) is 21.6. The third-order valence-corrected chi connectivity index (χ3v) is 7.60. The SMILES string of the molecule is Cc1c2cc3c(c1O)C(=O)C[C@H](O3)c1ccc(O)c(c1)-c1ccc(O)c(c1)C(=O)OCC1O[C@@H](O2)C(O)[C@@H](O)[C@@H]1O. The molecule has 12 nitrogen and oxygen atoms in total. The first-order chi connectivity index (χ1) is 19.5. The summed E-state index contributed by atoms with van der Waals surface area (Å²) in [7, 11) is 0. The summed E-state index contributed by atoms with van der Waals surface area (Å²) in [6, 6.07) is 9.94. The monoisotopic (exact) mass is 566 g/mol. The van der Waals surface area contributed by atoms with Gasteiger partial charge in [-0.25, -0.2) is 4.79 Å². The van der Waals surface area contributed by atoms with E-state index < -0.39 is 66.7 Å². The van der Waals surface area contributed by atoms with E-state index in [4.69, 9.17) is 18.9 Å². The molecule has 1 saturated heterocycles. The molecule has 6 rings (SSSR count). The Hall–Kier alpha value is -4.36. The number of aromatic hydroxyl groups is 3. The fraction of sp³-hybridized carbons (Fsp3) is 0.310. The molecule has 0 saturated carbocycles. The first-order valence-corrected chi connectivity index (χ1v) is 12.8. The van der Waals surface area contributed by atoms with Crippen LogP contribution in [0.15, 0.2) is 42.5 Å². The minimum atomic E-state index is -1.76. The lowest BCUT2D eigenvalue weighted by Gasteiger charge is -2.40. The summed E-state index contributed by atoms with van der Waals surface area (Å²) in [5.74, 6) is -2.37. The minimum absolute atomic E-state index is 0.00312. The van der Waals surface area contributed by atoms with Crippen LogP contribution in [0, 0.1) is 6.92 Å². The molecular formula is C29H26O12. The molecule has 12 heteroatoms. The Morgan fingerprint density at radius 1 is 0.805 bits per heavy atom. The number of aliphatic hydroxyl groups is 3. The van der Waals surface area contributed by atoms with Gasteiger partial charge in [0.1, 0.15) is 77.0 Å². The van der Waals surface area contributed by atoms with E-state index in [0.29, 0.717) is 11.1 Å². The molecule has 214 valence electrons. The van der Waals surface area contributed by atoms with Crippen molar-refractivity contribution in [3.05, 3.63) is 64.7 Å². The maximum atomic E-state index is 13.2. The number of carbonyl (C=O) groups is 2. The van der Waals surface area contributed by atoms with Crippen LogP contribution in [0.25, 0.3) is 11.1 Å². The van der Waals surface area contributed by atoms with Gasteiger partial charge in [-0.3, -0.25) is 4.79 Å². The Morgan fingerprint density at radius 2 is 1.54 bits per heavy atom. The molecular weight excluding hydrogens is 540 g/mol. The summed E-state index contributed by atoms with van der Waals surface area (Å²) in [4.78, 5) is 26.1. The van der Waals surface area contributed by atoms with E-state index in [1.807, 2.05) is 0 Å². The van der Waals surface area contributed by atoms with Gasteiger partial charge >= 0.3 is 5.97 Å². The predicted octanol–water partition coefficient (Wildman–Crippen LogP) is 1.84. The van der Waals surface area contributed by atoms with Crippen molar-refractivity contribution in [1.82, 2.24) is 0 Å². The van der Waals surface area contributed by atoms with Gasteiger partial charge in [0.15, 0.2) is 5.78 Å². The lowest BCUT2D eigenvalue weighted by atomic mass is 9.92. The molecule has 0 aromatic heterocycles. The summed E-state index contributed by atoms with van der Waals surface area (Å²) in [6.45, 7) is 0.879. The highest BCUT2D eigenvalue weighted by Crippen LogP contribution is 2.46. The van der Waals surface area contributed by atoms with Gasteiger partial charge in [0.25, 0.3) is 0 Å². The fourth-order valence-corrected chi connectivity index (χ4v) is 5.22. The van der Waals surface area contributed by atoms with E-state index in [1.165, 1.54) is 37.3 Å². The number of ether oxygens (including phenoxy) is 4. The molecule has 0 spiro atoms. The van der Waals surface area contributed by atoms with Crippen LogP contribution in [0.2, 0.25) is 0 Å². The van der Waals surface area contributed by atoms with Gasteiger partial charge < -0.3 is 49.6 Å². The molecule has 3 aromatic rings. The van der Waals surface area contributed by atoms with Crippen LogP contribution in [0.5, 0.6) is 28.7 Å². The quantitative estimate of drug-likeness (QED) is 0.217. The average Bonchev–Trinajstić information content (AvgIpc) is 2.95. The second kappa shape index (κ2) is 9.93. The summed E-state index contributed by atoms with van der Waals surface area (Å²) in [6.07, 6.45) is -9.09. The molecule has 6 N–H and O–H groups in total. The normalized spacial score (nSPS) is 27.2. The number of cyclic esters (lactones) is 1. The standard InChI is InChI=1S/C29H26O12/c1-11-19-9-21-23(24(11)33)18(32)8-20(39-21)13-3-5-16(30)14(7-13)12-2-4-17(31)15(6-12)28(37)38-10-22-25(34)26(35)27(36)29(40-19)41-22/h2-7,9,20,22,25-27,29-31,33-36H,8,10H2,1H3/t20-,22?,25+,26-,27?,29+/m0/s1. The number of phenolic OH excluding ortho intramolecular Hbond substituents is 3. The zero-order valence-corrected chi connectivity index (χ0v) is 21.6. The predicted molar refractivity (Wildman–Crippen MR) is 138 cm³/mol. The minimum Gasteiger partial charge on any atom is -0.507 e. The Balaban J connectivity index is 1.51. The first-order valence-electron chi connectivity index (χ1n) is 12.8.